The van der Waals surface area contributed by atoms with Crippen LogP contribution in [-0.2, 0) is 6.54 Å². The van der Waals surface area contributed by atoms with Gasteiger partial charge < -0.3 is 0 Å². The van der Waals surface area contributed by atoms with E-state index in [0.29, 0.717) is 31.0 Å². The molecule has 4 nitrogen and oxygen atoms in total. The molecule has 5 heterocycles. The van der Waals surface area contributed by atoms with Gasteiger partial charge in [0.2, 0.25) is 0 Å². The number of rotatable bonds is 5. The number of fused-ring (bicyclic) bond motifs is 1. The zero-order valence-electron chi connectivity index (χ0n) is 14.0. The SMILES string of the molecule is Cc1c(C2CCNC2)sc2c(NCc3cccs3)nc(C3C[I-]3)nc12. The Labute approximate surface area is 165 Å². The molecule has 0 bridgehead atoms. The molecule has 2 saturated heterocycles. The van der Waals surface area contributed by atoms with E-state index in [1.165, 1.54) is 36.4 Å². The Kier molecular flexibility index (Phi) is 4.43. The van der Waals surface area contributed by atoms with Crippen molar-refractivity contribution < 1.29 is 21.2 Å². The number of nitrogens with zero attached hydrogens (tertiary/aromatic N) is 2. The third-order valence-electron chi connectivity index (χ3n) is 4.85. The normalized spacial score (nSPS) is 22.9. The van der Waals surface area contributed by atoms with Gasteiger partial charge in [-0.25, -0.2) is 0 Å². The number of thiophene rings is 2. The van der Waals surface area contributed by atoms with Gasteiger partial charge in [0, 0.05) is 0 Å². The van der Waals surface area contributed by atoms with E-state index in [1.807, 2.05) is 11.3 Å². The van der Waals surface area contributed by atoms with Gasteiger partial charge in [0.15, 0.2) is 0 Å². The molecule has 5 rings (SSSR count). The Morgan fingerprint density at radius 1 is 1.40 bits per heavy atom. The molecule has 0 amide bonds. The van der Waals surface area contributed by atoms with Gasteiger partial charge in [-0.2, -0.15) is 0 Å². The van der Waals surface area contributed by atoms with Crippen LogP contribution in [0.4, 0.5) is 5.82 Å². The number of hydrogen-bond acceptors (Lipinski definition) is 6. The topological polar surface area (TPSA) is 49.8 Å². The second-order valence-corrected chi connectivity index (χ2v) is 11.9. The predicted octanol–water partition coefficient (Wildman–Crippen LogP) is 0.894. The van der Waals surface area contributed by atoms with Gasteiger partial charge >= 0.3 is 166 Å². The van der Waals surface area contributed by atoms with Gasteiger partial charge in [0.1, 0.15) is 0 Å². The van der Waals surface area contributed by atoms with Crippen LogP contribution in [0.5, 0.6) is 0 Å². The van der Waals surface area contributed by atoms with Crippen molar-refractivity contribution in [1.29, 1.82) is 0 Å². The molecule has 25 heavy (non-hydrogen) atoms. The molecule has 2 atom stereocenters. The van der Waals surface area contributed by atoms with Crippen LogP contribution in [0.3, 0.4) is 0 Å². The third-order valence-corrected chi connectivity index (χ3v) is 9.50. The van der Waals surface area contributed by atoms with E-state index in [-0.39, 0.29) is 0 Å². The van der Waals surface area contributed by atoms with Crippen molar-refractivity contribution in [3.8, 4) is 0 Å². The number of halogens is 1. The van der Waals surface area contributed by atoms with Crippen molar-refractivity contribution >= 4 is 38.7 Å². The summed E-state index contributed by atoms with van der Waals surface area (Å²) in [5.74, 6) is 2.78. The van der Waals surface area contributed by atoms with Gasteiger partial charge in [-0.15, -0.1) is 0 Å². The van der Waals surface area contributed by atoms with Gasteiger partial charge in [-0.05, 0) is 0 Å². The third kappa shape index (κ3) is 3.20. The fourth-order valence-corrected chi connectivity index (χ4v) is 6.73. The minimum absolute atomic E-state index is 0.310. The molecule has 0 radical (unpaired) electrons. The molecule has 0 saturated carbocycles. The molecule has 2 unspecified atom stereocenters. The van der Waals surface area contributed by atoms with E-state index in [1.54, 1.807) is 11.3 Å². The summed E-state index contributed by atoms with van der Waals surface area (Å²) in [7, 11) is 0. The van der Waals surface area contributed by atoms with E-state index in [4.69, 9.17) is 9.97 Å². The summed E-state index contributed by atoms with van der Waals surface area (Å²) in [6.45, 7) is 5.33. The molecule has 3 aromatic rings. The first-order valence-corrected chi connectivity index (χ1v) is 13.1. The van der Waals surface area contributed by atoms with Gasteiger partial charge in [0.25, 0.3) is 0 Å². The Morgan fingerprint density at radius 2 is 2.32 bits per heavy atom. The van der Waals surface area contributed by atoms with Gasteiger partial charge in [0.05, 0.1) is 0 Å². The summed E-state index contributed by atoms with van der Waals surface area (Å²) in [5, 5.41) is 9.24. The number of aryl methyl sites for hydroxylation is 1. The van der Waals surface area contributed by atoms with E-state index >= 15 is 0 Å². The van der Waals surface area contributed by atoms with E-state index in [2.05, 4.69) is 35.1 Å². The maximum absolute atomic E-state index is 5.00. The Hall–Kier alpha value is -0.770. The molecule has 7 heteroatoms. The van der Waals surface area contributed by atoms with Crippen LogP contribution in [0.1, 0.15) is 37.4 Å². The predicted molar refractivity (Wildman–Crippen MR) is 102 cm³/mol. The van der Waals surface area contributed by atoms with Crippen LogP contribution >= 0.6 is 22.7 Å². The van der Waals surface area contributed by atoms with Crippen molar-refractivity contribution in [3.05, 3.63) is 38.7 Å². The first kappa shape index (κ1) is 16.4. The molecule has 2 fully saturated rings. The molecule has 132 valence electrons. The molecular formula is C18H20IN4S2-. The quantitative estimate of drug-likeness (QED) is 0.418. The summed E-state index contributed by atoms with van der Waals surface area (Å²) in [5.41, 5.74) is 2.58. The van der Waals surface area contributed by atoms with Crippen LogP contribution in [0.2, 0.25) is 0 Å². The fraction of sp³-hybridized carbons (Fsp3) is 0.444. The summed E-state index contributed by atoms with van der Waals surface area (Å²) < 4.78 is 3.28. The van der Waals surface area contributed by atoms with Crippen molar-refractivity contribution in [1.82, 2.24) is 15.3 Å². The molecule has 0 aliphatic carbocycles. The zero-order valence-corrected chi connectivity index (χ0v) is 17.8. The Morgan fingerprint density at radius 3 is 3.04 bits per heavy atom. The molecule has 2 N–H and O–H groups in total. The minimum atomic E-state index is 0.310. The van der Waals surface area contributed by atoms with E-state index in [9.17, 15) is 0 Å². The van der Waals surface area contributed by atoms with Crippen molar-refractivity contribution in [2.45, 2.75) is 29.7 Å². The van der Waals surface area contributed by atoms with Crippen LogP contribution in [-0.4, -0.2) is 27.5 Å². The monoisotopic (exact) mass is 483 g/mol. The summed E-state index contributed by atoms with van der Waals surface area (Å²) in [6, 6.07) is 4.29. The van der Waals surface area contributed by atoms with Gasteiger partial charge in [-0.1, -0.05) is 0 Å². The molecule has 2 aliphatic rings. The Bertz CT molecular complexity index is 896. The van der Waals surface area contributed by atoms with Crippen molar-refractivity contribution in [2.75, 3.05) is 22.8 Å². The average molecular weight is 483 g/mol. The maximum atomic E-state index is 5.00. The summed E-state index contributed by atoms with van der Waals surface area (Å²) in [6.07, 6.45) is 1.24. The van der Waals surface area contributed by atoms with Gasteiger partial charge in [-0.3, -0.25) is 0 Å². The molecule has 0 aromatic carbocycles. The van der Waals surface area contributed by atoms with Crippen molar-refractivity contribution in [2.24, 2.45) is 0 Å². The first-order valence-electron chi connectivity index (χ1n) is 8.65. The molecular weight excluding hydrogens is 463 g/mol. The zero-order chi connectivity index (χ0) is 16.8. The van der Waals surface area contributed by atoms with Crippen LogP contribution < -0.4 is 31.8 Å². The number of alkyl halides is 2. The number of nitrogens with one attached hydrogen (secondary N) is 2. The molecule has 0 spiro atoms. The molecule has 3 aromatic heterocycles. The van der Waals surface area contributed by atoms with Crippen molar-refractivity contribution in [3.63, 3.8) is 0 Å². The average Bonchev–Trinajstić information content (AvgIpc) is 3.03. The van der Waals surface area contributed by atoms with E-state index < -0.39 is 0 Å². The second kappa shape index (κ2) is 6.75. The summed E-state index contributed by atoms with van der Waals surface area (Å²) in [4.78, 5) is 12.8. The standard InChI is InChI=1S/C18H20IN4S2/c1-10-14-16(25-15(10)11-4-5-20-8-11)18(21-9-12-3-2-6-24-12)23-17(22-14)13-7-19-13/h2-3,6,11,13,20H,4-5,7-9H2,1H3,(H,21,22,23)/q-1. The molecule has 2 aliphatic heterocycles. The second-order valence-electron chi connectivity index (χ2n) is 6.60. The first-order chi connectivity index (χ1) is 12.3. The van der Waals surface area contributed by atoms with Crippen LogP contribution in [0, 0.1) is 6.92 Å². The van der Waals surface area contributed by atoms with Crippen LogP contribution in [0.25, 0.3) is 10.2 Å². The number of anilines is 1. The number of hydrogen-bond donors (Lipinski definition) is 2. The summed E-state index contributed by atoms with van der Waals surface area (Å²) >= 11 is 4.01. The van der Waals surface area contributed by atoms with Crippen LogP contribution in [0.15, 0.2) is 17.5 Å². The van der Waals surface area contributed by atoms with E-state index in [0.717, 1.165) is 31.3 Å². The number of aromatic nitrogens is 2. The fourth-order valence-electron chi connectivity index (χ4n) is 3.42. The Balaban J connectivity index is 1.56.